The lowest BCUT2D eigenvalue weighted by atomic mass is 10.1. The molecule has 2 aromatic rings. The number of halogens is 3. The first-order valence-electron chi connectivity index (χ1n) is 7.16. The van der Waals surface area contributed by atoms with Gasteiger partial charge in [-0.15, -0.1) is 0 Å². The van der Waals surface area contributed by atoms with Crippen molar-refractivity contribution in [3.63, 3.8) is 0 Å². The van der Waals surface area contributed by atoms with E-state index in [2.05, 4.69) is 5.32 Å². The van der Waals surface area contributed by atoms with Gasteiger partial charge in [0.05, 0.1) is 12.6 Å². The molecule has 0 radical (unpaired) electrons. The number of ether oxygens (including phenoxy) is 1. The molecule has 0 spiro atoms. The first kappa shape index (κ1) is 17.3. The van der Waals surface area contributed by atoms with Crippen molar-refractivity contribution in [2.75, 3.05) is 13.2 Å². The molecule has 0 bridgehead atoms. The van der Waals surface area contributed by atoms with Crippen molar-refractivity contribution in [2.45, 2.75) is 18.8 Å². The van der Waals surface area contributed by atoms with Gasteiger partial charge in [-0.2, -0.15) is 13.2 Å². The summed E-state index contributed by atoms with van der Waals surface area (Å²) in [7, 11) is 0. The summed E-state index contributed by atoms with van der Waals surface area (Å²) in [6.45, 7) is -1.16. The van der Waals surface area contributed by atoms with E-state index in [4.69, 9.17) is 4.74 Å². The van der Waals surface area contributed by atoms with Gasteiger partial charge in [0.2, 0.25) is 0 Å². The van der Waals surface area contributed by atoms with Gasteiger partial charge in [-0.25, -0.2) is 0 Å². The zero-order chi connectivity index (χ0) is 16.7. The maximum Gasteiger partial charge on any atom is 0.422 e. The van der Waals surface area contributed by atoms with Crippen molar-refractivity contribution in [1.29, 1.82) is 0 Å². The fourth-order valence-corrected chi connectivity index (χ4v) is 2.16. The maximum atomic E-state index is 12.3. The number of hydrogen-bond acceptors (Lipinski definition) is 3. The van der Waals surface area contributed by atoms with Gasteiger partial charge in [-0.05, 0) is 11.6 Å². The number of para-hydroxylation sites is 1. The second-order valence-electron chi connectivity index (χ2n) is 5.04. The summed E-state index contributed by atoms with van der Waals surface area (Å²) in [6, 6.07) is 15.6. The van der Waals surface area contributed by atoms with E-state index in [1.807, 2.05) is 30.3 Å². The van der Waals surface area contributed by atoms with Crippen LogP contribution in [0.1, 0.15) is 17.2 Å². The molecule has 0 saturated heterocycles. The van der Waals surface area contributed by atoms with Crippen LogP contribution in [0.25, 0.3) is 0 Å². The Morgan fingerprint density at radius 3 is 2.30 bits per heavy atom. The quantitative estimate of drug-likeness (QED) is 0.819. The largest absolute Gasteiger partial charge is 0.484 e. The van der Waals surface area contributed by atoms with Crippen molar-refractivity contribution < 1.29 is 23.0 Å². The highest BCUT2D eigenvalue weighted by atomic mass is 19.4. The molecule has 0 saturated carbocycles. The molecule has 0 aliphatic rings. The topological polar surface area (TPSA) is 41.5 Å². The summed E-state index contributed by atoms with van der Waals surface area (Å²) in [5.74, 6) is 0.182. The first-order valence-corrected chi connectivity index (χ1v) is 7.16. The molecule has 3 nitrogen and oxygen atoms in total. The SMILES string of the molecule is OCC(NCc1ccccc1OCC(F)(F)F)c1ccccc1. The predicted octanol–water partition coefficient (Wildman–Crippen LogP) is 3.45. The number of benzene rings is 2. The van der Waals surface area contributed by atoms with Gasteiger partial charge in [0.1, 0.15) is 5.75 Å². The lowest BCUT2D eigenvalue weighted by Gasteiger charge is -2.18. The Morgan fingerprint density at radius 2 is 1.65 bits per heavy atom. The van der Waals surface area contributed by atoms with E-state index < -0.39 is 12.8 Å². The van der Waals surface area contributed by atoms with Crippen LogP contribution >= 0.6 is 0 Å². The van der Waals surface area contributed by atoms with E-state index in [0.717, 1.165) is 5.56 Å². The van der Waals surface area contributed by atoms with Crippen molar-refractivity contribution in [3.8, 4) is 5.75 Å². The van der Waals surface area contributed by atoms with Crippen LogP contribution in [-0.4, -0.2) is 24.5 Å². The molecule has 0 aliphatic carbocycles. The Balaban J connectivity index is 2.02. The Bertz CT molecular complexity index is 602. The van der Waals surface area contributed by atoms with Gasteiger partial charge in [-0.1, -0.05) is 48.5 Å². The highest BCUT2D eigenvalue weighted by Gasteiger charge is 2.28. The first-order chi connectivity index (χ1) is 11.0. The summed E-state index contributed by atoms with van der Waals surface area (Å²) in [5.41, 5.74) is 1.51. The molecule has 124 valence electrons. The van der Waals surface area contributed by atoms with Crippen LogP contribution in [0.2, 0.25) is 0 Å². The normalized spacial score (nSPS) is 12.9. The highest BCUT2D eigenvalue weighted by Crippen LogP contribution is 2.23. The summed E-state index contributed by atoms with van der Waals surface area (Å²) in [5, 5.41) is 12.6. The summed E-state index contributed by atoms with van der Waals surface area (Å²) in [6.07, 6.45) is -4.38. The predicted molar refractivity (Wildman–Crippen MR) is 81.1 cm³/mol. The average Bonchev–Trinajstić information content (AvgIpc) is 2.55. The van der Waals surface area contributed by atoms with Crippen LogP contribution in [0.15, 0.2) is 54.6 Å². The van der Waals surface area contributed by atoms with Gasteiger partial charge in [0, 0.05) is 12.1 Å². The van der Waals surface area contributed by atoms with Gasteiger partial charge in [-0.3, -0.25) is 0 Å². The number of alkyl halides is 3. The van der Waals surface area contributed by atoms with Crippen molar-refractivity contribution in [3.05, 3.63) is 65.7 Å². The molecule has 23 heavy (non-hydrogen) atoms. The third kappa shape index (κ3) is 5.58. The smallest absolute Gasteiger partial charge is 0.422 e. The minimum atomic E-state index is -4.38. The Morgan fingerprint density at radius 1 is 1.00 bits per heavy atom. The van der Waals surface area contributed by atoms with Gasteiger partial charge >= 0.3 is 6.18 Å². The minimum absolute atomic E-state index is 0.115. The van der Waals surface area contributed by atoms with E-state index in [-0.39, 0.29) is 24.9 Å². The molecule has 1 atom stereocenters. The molecule has 0 fully saturated rings. The number of rotatable bonds is 7. The minimum Gasteiger partial charge on any atom is -0.484 e. The zero-order valence-electron chi connectivity index (χ0n) is 12.4. The second kappa shape index (κ2) is 7.99. The van der Waals surface area contributed by atoms with Crippen LogP contribution in [0.4, 0.5) is 13.2 Å². The van der Waals surface area contributed by atoms with Crippen LogP contribution in [0, 0.1) is 0 Å². The standard InChI is InChI=1S/C17H18F3NO2/c18-17(19,20)12-23-16-9-5-4-8-14(16)10-21-15(11-22)13-6-2-1-3-7-13/h1-9,15,21-22H,10-12H2. The van der Waals surface area contributed by atoms with E-state index in [0.29, 0.717) is 5.56 Å². The Hall–Kier alpha value is -2.05. The maximum absolute atomic E-state index is 12.3. The molecule has 0 aromatic heterocycles. The third-order valence-electron chi connectivity index (χ3n) is 3.29. The van der Waals surface area contributed by atoms with E-state index in [1.165, 1.54) is 6.07 Å². The molecule has 2 aromatic carbocycles. The Labute approximate surface area is 132 Å². The van der Waals surface area contributed by atoms with Crippen molar-refractivity contribution >= 4 is 0 Å². The van der Waals surface area contributed by atoms with E-state index >= 15 is 0 Å². The lowest BCUT2D eigenvalue weighted by Crippen LogP contribution is -2.25. The second-order valence-corrected chi connectivity index (χ2v) is 5.04. The zero-order valence-corrected chi connectivity index (χ0v) is 12.4. The van der Waals surface area contributed by atoms with Gasteiger partial charge in [0.25, 0.3) is 0 Å². The molecule has 6 heteroatoms. The monoisotopic (exact) mass is 325 g/mol. The van der Waals surface area contributed by atoms with Crippen LogP contribution in [-0.2, 0) is 6.54 Å². The van der Waals surface area contributed by atoms with Crippen LogP contribution in [0.5, 0.6) is 5.75 Å². The third-order valence-corrected chi connectivity index (χ3v) is 3.29. The van der Waals surface area contributed by atoms with E-state index in [9.17, 15) is 18.3 Å². The molecule has 2 N–H and O–H groups in total. The fraction of sp³-hybridized carbons (Fsp3) is 0.294. The molecular weight excluding hydrogens is 307 g/mol. The lowest BCUT2D eigenvalue weighted by molar-refractivity contribution is -0.153. The summed E-state index contributed by atoms with van der Waals surface area (Å²) < 4.78 is 41.7. The number of aliphatic hydroxyl groups is 1. The van der Waals surface area contributed by atoms with Gasteiger partial charge < -0.3 is 15.2 Å². The molecular formula is C17H18F3NO2. The number of nitrogens with one attached hydrogen (secondary N) is 1. The molecule has 0 amide bonds. The van der Waals surface area contributed by atoms with Crippen LogP contribution in [0.3, 0.4) is 0 Å². The highest BCUT2D eigenvalue weighted by molar-refractivity contribution is 5.33. The molecule has 0 aliphatic heterocycles. The Kier molecular flexibility index (Phi) is 6.01. The number of hydrogen-bond donors (Lipinski definition) is 2. The van der Waals surface area contributed by atoms with E-state index in [1.54, 1.807) is 18.2 Å². The summed E-state index contributed by atoms with van der Waals surface area (Å²) >= 11 is 0. The molecule has 2 rings (SSSR count). The summed E-state index contributed by atoms with van der Waals surface area (Å²) in [4.78, 5) is 0. The van der Waals surface area contributed by atoms with Crippen molar-refractivity contribution in [2.24, 2.45) is 0 Å². The molecule has 1 unspecified atom stereocenters. The average molecular weight is 325 g/mol. The van der Waals surface area contributed by atoms with Crippen molar-refractivity contribution in [1.82, 2.24) is 5.32 Å². The van der Waals surface area contributed by atoms with Crippen LogP contribution < -0.4 is 10.1 Å². The molecule has 0 heterocycles. The van der Waals surface area contributed by atoms with Gasteiger partial charge in [0.15, 0.2) is 6.61 Å². The number of aliphatic hydroxyl groups excluding tert-OH is 1. The fourth-order valence-electron chi connectivity index (χ4n) is 2.16.